The van der Waals surface area contributed by atoms with Gasteiger partial charge in [-0.3, -0.25) is 4.79 Å². The first-order valence-corrected chi connectivity index (χ1v) is 5.28. The molecule has 3 nitrogen and oxygen atoms in total. The molecule has 0 spiro atoms. The molecule has 0 bridgehead atoms. The number of rotatable bonds is 1. The fourth-order valence-electron chi connectivity index (χ4n) is 2.10. The average molecular weight is 217 g/mol. The second kappa shape index (κ2) is 3.76. The molecule has 2 rings (SSSR count). The molecule has 1 aromatic heterocycles. The van der Waals surface area contributed by atoms with E-state index in [1.807, 2.05) is 32.9 Å². The van der Waals surface area contributed by atoms with E-state index >= 15 is 0 Å². The fraction of sp³-hybridized carbons (Fsp3) is 0.308. The summed E-state index contributed by atoms with van der Waals surface area (Å²) in [6, 6.07) is 3.90. The molecule has 0 radical (unpaired) electrons. The summed E-state index contributed by atoms with van der Waals surface area (Å²) in [5.74, 6) is 0. The number of aliphatic hydroxyl groups is 1. The van der Waals surface area contributed by atoms with Gasteiger partial charge in [0.1, 0.15) is 0 Å². The van der Waals surface area contributed by atoms with Crippen LogP contribution in [0.4, 0.5) is 0 Å². The van der Waals surface area contributed by atoms with Crippen molar-refractivity contribution < 1.29 is 5.11 Å². The quantitative estimate of drug-likeness (QED) is 0.767. The number of H-pyrrole nitrogens is 1. The summed E-state index contributed by atoms with van der Waals surface area (Å²) < 4.78 is 0. The molecule has 0 fully saturated rings. The van der Waals surface area contributed by atoms with E-state index in [1.165, 1.54) is 0 Å². The molecule has 3 heteroatoms. The van der Waals surface area contributed by atoms with Crippen molar-refractivity contribution in [2.75, 3.05) is 0 Å². The van der Waals surface area contributed by atoms with E-state index in [-0.39, 0.29) is 12.0 Å². The lowest BCUT2D eigenvalue weighted by atomic mass is 10.0. The van der Waals surface area contributed by atoms with E-state index < -0.39 is 0 Å². The zero-order valence-electron chi connectivity index (χ0n) is 9.72. The van der Waals surface area contributed by atoms with Crippen LogP contribution in [0.15, 0.2) is 16.9 Å². The lowest BCUT2D eigenvalue weighted by Gasteiger charge is -2.08. The minimum Gasteiger partial charge on any atom is -0.391 e. The number of hydrogen-bond donors (Lipinski definition) is 2. The van der Waals surface area contributed by atoms with Gasteiger partial charge in [0.15, 0.2) is 5.43 Å². The van der Waals surface area contributed by atoms with Crippen molar-refractivity contribution in [2.24, 2.45) is 0 Å². The molecular weight excluding hydrogens is 202 g/mol. The van der Waals surface area contributed by atoms with Gasteiger partial charge in [-0.1, -0.05) is 6.07 Å². The molecule has 0 aliphatic rings. The fourth-order valence-corrected chi connectivity index (χ4v) is 2.10. The van der Waals surface area contributed by atoms with Crippen LogP contribution >= 0.6 is 0 Å². The third kappa shape index (κ3) is 1.53. The Hall–Kier alpha value is -1.61. The summed E-state index contributed by atoms with van der Waals surface area (Å²) in [5, 5.41) is 9.84. The maximum absolute atomic E-state index is 12.1. The SMILES string of the molecule is Cc1cc(C)c2[nH]c(C)c(CO)c(=O)c2c1. The van der Waals surface area contributed by atoms with Crippen LogP contribution in [0, 0.1) is 20.8 Å². The topological polar surface area (TPSA) is 53.1 Å². The maximum atomic E-state index is 12.1. The summed E-state index contributed by atoms with van der Waals surface area (Å²) in [4.78, 5) is 15.3. The number of aromatic nitrogens is 1. The first kappa shape index (κ1) is 10.9. The van der Waals surface area contributed by atoms with Gasteiger partial charge in [-0.25, -0.2) is 0 Å². The summed E-state index contributed by atoms with van der Waals surface area (Å²) in [6.45, 7) is 5.53. The number of pyridine rings is 1. The Morgan fingerprint density at radius 1 is 1.25 bits per heavy atom. The van der Waals surface area contributed by atoms with Crippen molar-refractivity contribution in [2.45, 2.75) is 27.4 Å². The molecule has 0 saturated heterocycles. The Morgan fingerprint density at radius 2 is 1.94 bits per heavy atom. The molecule has 0 unspecified atom stereocenters. The lowest BCUT2D eigenvalue weighted by molar-refractivity contribution is 0.279. The Bertz CT molecular complexity index is 611. The van der Waals surface area contributed by atoms with E-state index in [0.29, 0.717) is 10.9 Å². The number of fused-ring (bicyclic) bond motifs is 1. The van der Waals surface area contributed by atoms with Crippen LogP contribution in [0.5, 0.6) is 0 Å². The Kier molecular flexibility index (Phi) is 2.56. The average Bonchev–Trinajstić information content (AvgIpc) is 2.21. The normalized spacial score (nSPS) is 11.0. The Labute approximate surface area is 93.7 Å². The van der Waals surface area contributed by atoms with Crippen LogP contribution in [0.25, 0.3) is 10.9 Å². The minimum absolute atomic E-state index is 0.0689. The molecule has 2 aromatic rings. The second-order valence-electron chi connectivity index (χ2n) is 4.22. The van der Waals surface area contributed by atoms with Crippen molar-refractivity contribution in [1.29, 1.82) is 0 Å². The predicted octanol–water partition coefficient (Wildman–Crippen LogP) is 1.95. The van der Waals surface area contributed by atoms with Gasteiger partial charge in [0, 0.05) is 16.6 Å². The summed E-state index contributed by atoms with van der Waals surface area (Å²) in [7, 11) is 0. The highest BCUT2D eigenvalue weighted by Crippen LogP contribution is 2.17. The van der Waals surface area contributed by atoms with Crippen molar-refractivity contribution in [3.63, 3.8) is 0 Å². The molecule has 0 aliphatic heterocycles. The molecule has 1 aromatic carbocycles. The van der Waals surface area contributed by atoms with Crippen molar-refractivity contribution in [3.05, 3.63) is 44.7 Å². The molecule has 2 N–H and O–H groups in total. The van der Waals surface area contributed by atoms with E-state index in [9.17, 15) is 9.90 Å². The zero-order chi connectivity index (χ0) is 11.9. The molecule has 0 atom stereocenters. The van der Waals surface area contributed by atoms with E-state index in [0.717, 1.165) is 22.3 Å². The minimum atomic E-state index is -0.218. The number of aromatic amines is 1. The highest BCUT2D eigenvalue weighted by atomic mass is 16.3. The van der Waals surface area contributed by atoms with Gasteiger partial charge in [-0.05, 0) is 38.0 Å². The Balaban J connectivity index is 2.99. The highest BCUT2D eigenvalue weighted by Gasteiger charge is 2.09. The van der Waals surface area contributed by atoms with Crippen molar-refractivity contribution in [3.8, 4) is 0 Å². The zero-order valence-corrected chi connectivity index (χ0v) is 9.72. The summed E-state index contributed by atoms with van der Waals surface area (Å²) in [5.41, 5.74) is 4.11. The van der Waals surface area contributed by atoms with Crippen molar-refractivity contribution >= 4 is 10.9 Å². The van der Waals surface area contributed by atoms with Crippen molar-refractivity contribution in [1.82, 2.24) is 4.98 Å². The van der Waals surface area contributed by atoms with Crippen LogP contribution < -0.4 is 5.43 Å². The van der Waals surface area contributed by atoms with E-state index in [1.54, 1.807) is 0 Å². The van der Waals surface area contributed by atoms with Gasteiger partial charge in [0.05, 0.1) is 12.1 Å². The van der Waals surface area contributed by atoms with Gasteiger partial charge >= 0.3 is 0 Å². The molecule has 0 aliphatic carbocycles. The molecular formula is C13H15NO2. The first-order chi connectivity index (χ1) is 7.54. The standard InChI is InChI=1S/C13H15NO2/c1-7-4-8(2)12-10(5-7)13(16)11(6-15)9(3)14-12/h4-5,15H,6H2,1-3H3,(H,14,16). The second-order valence-corrected chi connectivity index (χ2v) is 4.22. The highest BCUT2D eigenvalue weighted by molar-refractivity contribution is 5.83. The summed E-state index contributed by atoms with van der Waals surface area (Å²) >= 11 is 0. The van der Waals surface area contributed by atoms with Crippen LogP contribution in [-0.4, -0.2) is 10.1 Å². The van der Waals surface area contributed by atoms with Crippen LogP contribution in [-0.2, 0) is 6.61 Å². The van der Waals surface area contributed by atoms with Crippen LogP contribution in [0.3, 0.4) is 0 Å². The van der Waals surface area contributed by atoms with E-state index in [2.05, 4.69) is 4.98 Å². The number of aliphatic hydroxyl groups excluding tert-OH is 1. The molecule has 1 heterocycles. The smallest absolute Gasteiger partial charge is 0.195 e. The van der Waals surface area contributed by atoms with E-state index in [4.69, 9.17) is 0 Å². The van der Waals surface area contributed by atoms with Crippen LogP contribution in [0.1, 0.15) is 22.4 Å². The Morgan fingerprint density at radius 3 is 2.56 bits per heavy atom. The molecule has 84 valence electrons. The largest absolute Gasteiger partial charge is 0.391 e. The van der Waals surface area contributed by atoms with Gasteiger partial charge in [0.2, 0.25) is 0 Å². The molecule has 0 saturated carbocycles. The third-order valence-electron chi connectivity index (χ3n) is 2.92. The van der Waals surface area contributed by atoms with Gasteiger partial charge in [0.25, 0.3) is 0 Å². The predicted molar refractivity (Wildman–Crippen MR) is 64.7 cm³/mol. The lowest BCUT2D eigenvalue weighted by Crippen LogP contribution is -2.13. The third-order valence-corrected chi connectivity index (χ3v) is 2.92. The van der Waals surface area contributed by atoms with Gasteiger partial charge < -0.3 is 10.1 Å². The first-order valence-electron chi connectivity index (χ1n) is 5.28. The number of hydrogen-bond acceptors (Lipinski definition) is 2. The molecule has 16 heavy (non-hydrogen) atoms. The number of nitrogens with one attached hydrogen (secondary N) is 1. The van der Waals surface area contributed by atoms with Crippen LogP contribution in [0.2, 0.25) is 0 Å². The summed E-state index contributed by atoms with van der Waals surface area (Å²) in [6.07, 6.45) is 0. The van der Waals surface area contributed by atoms with Gasteiger partial charge in [-0.15, -0.1) is 0 Å². The maximum Gasteiger partial charge on any atom is 0.195 e. The monoisotopic (exact) mass is 217 g/mol. The number of benzene rings is 1. The number of aryl methyl sites for hydroxylation is 3. The molecule has 0 amide bonds. The van der Waals surface area contributed by atoms with Gasteiger partial charge in [-0.2, -0.15) is 0 Å².